The van der Waals surface area contributed by atoms with Crippen molar-refractivity contribution in [2.24, 2.45) is 0 Å². The standard InChI is InChI=1S/C18H29N5O2/c1-14-10-17(20-13-19-14)21(3)16-4-7-22(8-5-16)11-18(25)6-9-23(12-18)15(2)24/h10,13,16,25H,4-9,11-12H2,1-3H3. The first-order valence-corrected chi connectivity index (χ1v) is 9.08. The van der Waals surface area contributed by atoms with E-state index in [4.69, 9.17) is 0 Å². The van der Waals surface area contributed by atoms with Crippen LogP contribution in [-0.2, 0) is 4.79 Å². The van der Waals surface area contributed by atoms with Gasteiger partial charge in [-0.1, -0.05) is 0 Å². The van der Waals surface area contributed by atoms with Crippen molar-refractivity contribution in [3.8, 4) is 0 Å². The van der Waals surface area contributed by atoms with Gasteiger partial charge in [0.15, 0.2) is 0 Å². The molecule has 1 aromatic rings. The summed E-state index contributed by atoms with van der Waals surface area (Å²) in [7, 11) is 2.09. The Labute approximate surface area is 149 Å². The Kier molecular flexibility index (Phi) is 5.24. The van der Waals surface area contributed by atoms with Crippen LogP contribution in [0.4, 0.5) is 5.82 Å². The maximum absolute atomic E-state index is 11.5. The van der Waals surface area contributed by atoms with Crippen molar-refractivity contribution < 1.29 is 9.90 Å². The average molecular weight is 347 g/mol. The highest BCUT2D eigenvalue weighted by atomic mass is 16.3. The lowest BCUT2D eigenvalue weighted by Crippen LogP contribution is -2.50. The minimum absolute atomic E-state index is 0.0522. The van der Waals surface area contributed by atoms with Crippen molar-refractivity contribution in [3.05, 3.63) is 18.1 Å². The molecule has 2 aliphatic rings. The van der Waals surface area contributed by atoms with Crippen LogP contribution in [0.2, 0.25) is 0 Å². The number of aromatic nitrogens is 2. The number of amides is 1. The fraction of sp³-hybridized carbons (Fsp3) is 0.722. The summed E-state index contributed by atoms with van der Waals surface area (Å²) in [4.78, 5) is 26.3. The van der Waals surface area contributed by atoms with Crippen molar-refractivity contribution >= 4 is 11.7 Å². The van der Waals surface area contributed by atoms with E-state index in [2.05, 4.69) is 26.8 Å². The highest BCUT2D eigenvalue weighted by molar-refractivity contribution is 5.73. The van der Waals surface area contributed by atoms with Gasteiger partial charge in [0.1, 0.15) is 12.1 Å². The number of carbonyl (C=O) groups excluding carboxylic acids is 1. The molecule has 0 aromatic carbocycles. The summed E-state index contributed by atoms with van der Waals surface area (Å²) in [5, 5.41) is 10.8. The number of aliphatic hydroxyl groups is 1. The Morgan fingerprint density at radius 1 is 1.36 bits per heavy atom. The predicted octanol–water partition coefficient (Wildman–Crippen LogP) is 0.669. The Balaban J connectivity index is 1.51. The number of piperidine rings is 1. The van der Waals surface area contributed by atoms with E-state index in [-0.39, 0.29) is 5.91 Å². The number of likely N-dealkylation sites (tertiary alicyclic amines) is 2. The molecule has 1 atom stereocenters. The minimum atomic E-state index is -0.756. The van der Waals surface area contributed by atoms with Crippen molar-refractivity contribution in [3.63, 3.8) is 0 Å². The van der Waals surface area contributed by atoms with Crippen molar-refractivity contribution in [2.75, 3.05) is 44.7 Å². The van der Waals surface area contributed by atoms with E-state index in [0.717, 1.165) is 37.4 Å². The number of anilines is 1. The SMILES string of the molecule is CC(=O)N1CCC(O)(CN2CCC(N(C)c3cc(C)ncn3)CC2)C1. The fourth-order valence-corrected chi connectivity index (χ4v) is 3.96. The largest absolute Gasteiger partial charge is 0.387 e. The van der Waals surface area contributed by atoms with Crippen LogP contribution in [0.25, 0.3) is 0 Å². The molecule has 25 heavy (non-hydrogen) atoms. The van der Waals surface area contributed by atoms with Crippen molar-refractivity contribution in [1.29, 1.82) is 0 Å². The topological polar surface area (TPSA) is 72.8 Å². The second-order valence-electron chi connectivity index (χ2n) is 7.55. The summed E-state index contributed by atoms with van der Waals surface area (Å²) < 4.78 is 0. The number of aryl methyl sites for hydroxylation is 1. The zero-order valence-corrected chi connectivity index (χ0v) is 15.5. The summed E-state index contributed by atoms with van der Waals surface area (Å²) in [6.07, 6.45) is 4.39. The minimum Gasteiger partial charge on any atom is -0.387 e. The second-order valence-corrected chi connectivity index (χ2v) is 7.55. The zero-order chi connectivity index (χ0) is 18.0. The Morgan fingerprint density at radius 3 is 2.68 bits per heavy atom. The van der Waals surface area contributed by atoms with E-state index in [9.17, 15) is 9.90 Å². The van der Waals surface area contributed by atoms with Gasteiger partial charge in [0.05, 0.1) is 12.1 Å². The molecule has 2 fully saturated rings. The zero-order valence-electron chi connectivity index (χ0n) is 15.5. The quantitative estimate of drug-likeness (QED) is 0.863. The van der Waals surface area contributed by atoms with Gasteiger partial charge in [-0.25, -0.2) is 9.97 Å². The maximum Gasteiger partial charge on any atom is 0.219 e. The lowest BCUT2D eigenvalue weighted by Gasteiger charge is -2.39. The van der Waals surface area contributed by atoms with Crippen LogP contribution in [-0.4, -0.2) is 82.2 Å². The summed E-state index contributed by atoms with van der Waals surface area (Å²) in [5.74, 6) is 1.02. The molecule has 3 heterocycles. The Bertz CT molecular complexity index is 617. The first-order chi connectivity index (χ1) is 11.9. The third-order valence-electron chi connectivity index (χ3n) is 5.55. The van der Waals surface area contributed by atoms with Crippen LogP contribution in [0.1, 0.15) is 31.9 Å². The number of carbonyl (C=O) groups is 1. The molecule has 1 N–H and O–H groups in total. The van der Waals surface area contributed by atoms with Crippen molar-refractivity contribution in [2.45, 2.75) is 44.8 Å². The van der Waals surface area contributed by atoms with Gasteiger partial charge in [-0.15, -0.1) is 0 Å². The lowest BCUT2D eigenvalue weighted by atomic mass is 9.98. The van der Waals surface area contributed by atoms with Gasteiger partial charge in [0.25, 0.3) is 0 Å². The van der Waals surface area contributed by atoms with E-state index in [0.29, 0.717) is 32.1 Å². The smallest absolute Gasteiger partial charge is 0.219 e. The predicted molar refractivity (Wildman–Crippen MR) is 96.5 cm³/mol. The molecule has 0 spiro atoms. The van der Waals surface area contributed by atoms with Gasteiger partial charge in [-0.2, -0.15) is 0 Å². The molecule has 138 valence electrons. The second kappa shape index (κ2) is 7.25. The first kappa shape index (κ1) is 18.1. The first-order valence-electron chi connectivity index (χ1n) is 9.08. The molecule has 0 aliphatic carbocycles. The van der Waals surface area contributed by atoms with Crippen LogP contribution in [0.3, 0.4) is 0 Å². The van der Waals surface area contributed by atoms with Gasteiger partial charge in [0.2, 0.25) is 5.91 Å². The molecule has 0 saturated carbocycles. The summed E-state index contributed by atoms with van der Waals surface area (Å²) in [6.45, 7) is 7.25. The van der Waals surface area contributed by atoms with Gasteiger partial charge in [0, 0.05) is 58.0 Å². The molecular weight excluding hydrogens is 318 g/mol. The molecule has 0 bridgehead atoms. The van der Waals surface area contributed by atoms with Gasteiger partial charge < -0.3 is 19.8 Å². The third-order valence-corrected chi connectivity index (χ3v) is 5.55. The van der Waals surface area contributed by atoms with Gasteiger partial charge in [-0.3, -0.25) is 4.79 Å². The van der Waals surface area contributed by atoms with Crippen LogP contribution >= 0.6 is 0 Å². The molecule has 2 saturated heterocycles. The molecule has 1 amide bonds. The summed E-state index contributed by atoms with van der Waals surface area (Å²) in [6, 6.07) is 2.47. The van der Waals surface area contributed by atoms with E-state index in [1.54, 1.807) is 18.2 Å². The van der Waals surface area contributed by atoms with E-state index in [1.165, 1.54) is 0 Å². The Morgan fingerprint density at radius 2 is 2.08 bits per heavy atom. The molecule has 7 heteroatoms. The third kappa shape index (κ3) is 4.27. The highest BCUT2D eigenvalue weighted by Gasteiger charge is 2.39. The normalized spacial score (nSPS) is 25.4. The van der Waals surface area contributed by atoms with Crippen LogP contribution in [0.5, 0.6) is 0 Å². The molecule has 1 unspecified atom stereocenters. The Hall–Kier alpha value is -1.73. The van der Waals surface area contributed by atoms with Crippen LogP contribution in [0.15, 0.2) is 12.4 Å². The van der Waals surface area contributed by atoms with Gasteiger partial charge >= 0.3 is 0 Å². The summed E-state index contributed by atoms with van der Waals surface area (Å²) in [5.41, 5.74) is 0.224. The maximum atomic E-state index is 11.5. The molecule has 3 rings (SSSR count). The van der Waals surface area contributed by atoms with Crippen LogP contribution in [0, 0.1) is 6.92 Å². The van der Waals surface area contributed by atoms with Gasteiger partial charge in [-0.05, 0) is 26.2 Å². The number of nitrogens with zero attached hydrogens (tertiary/aromatic N) is 5. The summed E-state index contributed by atoms with van der Waals surface area (Å²) >= 11 is 0. The molecule has 7 nitrogen and oxygen atoms in total. The molecule has 2 aliphatic heterocycles. The molecule has 1 aromatic heterocycles. The number of hydrogen-bond acceptors (Lipinski definition) is 6. The lowest BCUT2D eigenvalue weighted by molar-refractivity contribution is -0.129. The van der Waals surface area contributed by atoms with Crippen molar-refractivity contribution in [1.82, 2.24) is 19.8 Å². The van der Waals surface area contributed by atoms with E-state index >= 15 is 0 Å². The highest BCUT2D eigenvalue weighted by Crippen LogP contribution is 2.26. The van der Waals surface area contributed by atoms with Crippen LogP contribution < -0.4 is 4.90 Å². The van der Waals surface area contributed by atoms with E-state index < -0.39 is 5.60 Å². The molecular formula is C18H29N5O2. The van der Waals surface area contributed by atoms with E-state index in [1.807, 2.05) is 13.0 Å². The number of β-amino-alcohol motifs (C(OH)–C–C–N with tert-alkyl or cyclic N) is 1. The fourth-order valence-electron chi connectivity index (χ4n) is 3.96. The number of hydrogen-bond donors (Lipinski definition) is 1. The number of rotatable bonds is 4. The molecule has 0 radical (unpaired) electrons. The average Bonchev–Trinajstić information content (AvgIpc) is 2.97. The monoisotopic (exact) mass is 347 g/mol.